The maximum atomic E-state index is 12.7. The highest BCUT2D eigenvalue weighted by molar-refractivity contribution is 14.1. The van der Waals surface area contributed by atoms with E-state index < -0.39 is 0 Å². The monoisotopic (exact) mass is 420 g/mol. The molecule has 0 aliphatic carbocycles. The van der Waals surface area contributed by atoms with Crippen LogP contribution in [0.25, 0.3) is 0 Å². The predicted octanol–water partition coefficient (Wildman–Crippen LogP) is 4.20. The van der Waals surface area contributed by atoms with Crippen LogP contribution in [0.15, 0.2) is 48.5 Å². The van der Waals surface area contributed by atoms with Gasteiger partial charge in [0.25, 0.3) is 0 Å². The molecule has 4 heteroatoms. The standard InChI is InChI=1S/C19H21IN2O/c1-14-12-16(20)9-10-17(14)21-19(23)18-8-5-11-22(18)13-15-6-3-2-4-7-15/h2-4,6-7,9-10,12,18H,5,8,11,13H2,1H3,(H,21,23). The molecule has 1 heterocycles. The first-order chi connectivity index (χ1) is 11.1. The van der Waals surface area contributed by atoms with E-state index in [9.17, 15) is 4.79 Å². The number of benzene rings is 2. The minimum Gasteiger partial charge on any atom is -0.324 e. The molecule has 1 saturated heterocycles. The number of aryl methyl sites for hydroxylation is 1. The van der Waals surface area contributed by atoms with Crippen LogP contribution < -0.4 is 5.32 Å². The Bertz CT molecular complexity index is 687. The topological polar surface area (TPSA) is 32.3 Å². The lowest BCUT2D eigenvalue weighted by Gasteiger charge is -2.24. The Morgan fingerprint density at radius 3 is 2.78 bits per heavy atom. The fourth-order valence-electron chi connectivity index (χ4n) is 3.11. The average Bonchev–Trinajstić information content (AvgIpc) is 2.99. The van der Waals surface area contributed by atoms with Gasteiger partial charge < -0.3 is 5.32 Å². The van der Waals surface area contributed by atoms with Crippen LogP contribution in [0, 0.1) is 10.5 Å². The summed E-state index contributed by atoms with van der Waals surface area (Å²) in [5, 5.41) is 3.11. The van der Waals surface area contributed by atoms with Gasteiger partial charge in [-0.05, 0) is 78.2 Å². The van der Waals surface area contributed by atoms with Crippen LogP contribution in [0.1, 0.15) is 24.0 Å². The lowest BCUT2D eigenvalue weighted by molar-refractivity contribution is -0.120. The maximum absolute atomic E-state index is 12.7. The van der Waals surface area contributed by atoms with E-state index in [2.05, 4.69) is 63.1 Å². The molecule has 0 radical (unpaired) electrons. The van der Waals surface area contributed by atoms with Crippen LogP contribution in [0.4, 0.5) is 5.69 Å². The van der Waals surface area contributed by atoms with E-state index >= 15 is 0 Å². The number of anilines is 1. The van der Waals surface area contributed by atoms with Gasteiger partial charge in [0, 0.05) is 15.8 Å². The van der Waals surface area contributed by atoms with Gasteiger partial charge in [0.05, 0.1) is 6.04 Å². The fraction of sp³-hybridized carbons (Fsp3) is 0.316. The van der Waals surface area contributed by atoms with Crippen molar-refractivity contribution >= 4 is 34.2 Å². The van der Waals surface area contributed by atoms with Gasteiger partial charge in [-0.2, -0.15) is 0 Å². The van der Waals surface area contributed by atoms with Gasteiger partial charge in [0.15, 0.2) is 0 Å². The Morgan fingerprint density at radius 2 is 2.04 bits per heavy atom. The summed E-state index contributed by atoms with van der Waals surface area (Å²) in [5.41, 5.74) is 3.29. The van der Waals surface area contributed by atoms with Crippen LogP contribution in [-0.2, 0) is 11.3 Å². The maximum Gasteiger partial charge on any atom is 0.241 e. The lowest BCUT2D eigenvalue weighted by atomic mass is 10.1. The van der Waals surface area contributed by atoms with Crippen LogP contribution in [0.5, 0.6) is 0 Å². The minimum absolute atomic E-state index is 0.0334. The molecule has 1 N–H and O–H groups in total. The Kier molecular flexibility index (Phi) is 5.33. The summed E-state index contributed by atoms with van der Waals surface area (Å²) in [7, 11) is 0. The van der Waals surface area contributed by atoms with Crippen molar-refractivity contribution in [3.05, 3.63) is 63.2 Å². The molecule has 3 rings (SSSR count). The minimum atomic E-state index is -0.0334. The zero-order valence-electron chi connectivity index (χ0n) is 13.3. The van der Waals surface area contributed by atoms with E-state index in [1.54, 1.807) is 0 Å². The molecule has 120 valence electrons. The molecule has 0 aromatic heterocycles. The number of hydrogen-bond acceptors (Lipinski definition) is 2. The van der Waals surface area contributed by atoms with Gasteiger partial charge in [-0.15, -0.1) is 0 Å². The Balaban J connectivity index is 1.68. The summed E-state index contributed by atoms with van der Waals surface area (Å²) in [5.74, 6) is 0.114. The normalized spacial score (nSPS) is 18.1. The Hall–Kier alpha value is -1.40. The zero-order chi connectivity index (χ0) is 16.2. The number of likely N-dealkylation sites (tertiary alicyclic amines) is 1. The first-order valence-corrected chi connectivity index (χ1v) is 9.06. The van der Waals surface area contributed by atoms with E-state index in [-0.39, 0.29) is 11.9 Å². The molecule has 1 amide bonds. The summed E-state index contributed by atoms with van der Waals surface area (Å²) in [6, 6.07) is 16.4. The fourth-order valence-corrected chi connectivity index (χ4v) is 3.76. The van der Waals surface area contributed by atoms with E-state index in [0.717, 1.165) is 37.2 Å². The first kappa shape index (κ1) is 16.5. The summed E-state index contributed by atoms with van der Waals surface area (Å²) < 4.78 is 1.18. The highest BCUT2D eigenvalue weighted by Gasteiger charge is 2.30. The molecule has 2 aromatic rings. The summed E-state index contributed by atoms with van der Waals surface area (Å²) in [4.78, 5) is 15.0. The summed E-state index contributed by atoms with van der Waals surface area (Å²) in [6.45, 7) is 3.86. The van der Waals surface area contributed by atoms with Crippen molar-refractivity contribution in [2.75, 3.05) is 11.9 Å². The van der Waals surface area contributed by atoms with Gasteiger partial charge >= 0.3 is 0 Å². The molecule has 3 nitrogen and oxygen atoms in total. The van der Waals surface area contributed by atoms with E-state index in [1.807, 2.05) is 25.1 Å². The zero-order valence-corrected chi connectivity index (χ0v) is 15.4. The molecule has 1 fully saturated rings. The molecule has 2 aromatic carbocycles. The van der Waals surface area contributed by atoms with Crippen molar-refractivity contribution in [2.24, 2.45) is 0 Å². The highest BCUT2D eigenvalue weighted by atomic mass is 127. The summed E-state index contributed by atoms with van der Waals surface area (Å²) >= 11 is 2.29. The molecule has 23 heavy (non-hydrogen) atoms. The van der Waals surface area contributed by atoms with Crippen molar-refractivity contribution in [3.8, 4) is 0 Å². The number of nitrogens with one attached hydrogen (secondary N) is 1. The molecule has 0 bridgehead atoms. The van der Waals surface area contributed by atoms with Crippen molar-refractivity contribution < 1.29 is 4.79 Å². The number of carbonyl (C=O) groups excluding carboxylic acids is 1. The second kappa shape index (κ2) is 7.45. The summed E-state index contributed by atoms with van der Waals surface area (Å²) in [6.07, 6.45) is 2.01. The third-order valence-corrected chi connectivity index (χ3v) is 5.01. The van der Waals surface area contributed by atoms with Gasteiger partial charge in [-0.1, -0.05) is 30.3 Å². The van der Waals surface area contributed by atoms with Crippen molar-refractivity contribution in [3.63, 3.8) is 0 Å². The molecule has 0 saturated carbocycles. The highest BCUT2D eigenvalue weighted by Crippen LogP contribution is 2.23. The SMILES string of the molecule is Cc1cc(I)ccc1NC(=O)C1CCCN1Cc1ccccc1. The second-order valence-electron chi connectivity index (χ2n) is 6.06. The number of amides is 1. The third-order valence-electron chi connectivity index (χ3n) is 4.34. The predicted molar refractivity (Wildman–Crippen MR) is 102 cm³/mol. The first-order valence-electron chi connectivity index (χ1n) is 7.98. The second-order valence-corrected chi connectivity index (χ2v) is 7.31. The third kappa shape index (κ3) is 4.12. The molecule has 0 spiro atoms. The number of halogens is 1. The van der Waals surface area contributed by atoms with Crippen LogP contribution in [0.2, 0.25) is 0 Å². The largest absolute Gasteiger partial charge is 0.324 e. The van der Waals surface area contributed by atoms with Crippen LogP contribution in [0.3, 0.4) is 0 Å². The number of nitrogens with zero attached hydrogens (tertiary/aromatic N) is 1. The van der Waals surface area contributed by atoms with Gasteiger partial charge in [0.1, 0.15) is 0 Å². The van der Waals surface area contributed by atoms with E-state index in [0.29, 0.717) is 0 Å². The van der Waals surface area contributed by atoms with Gasteiger partial charge in [-0.3, -0.25) is 9.69 Å². The van der Waals surface area contributed by atoms with E-state index in [1.165, 1.54) is 9.13 Å². The molecule has 1 unspecified atom stereocenters. The van der Waals surface area contributed by atoms with Crippen LogP contribution >= 0.6 is 22.6 Å². The molecule has 1 atom stereocenters. The quantitative estimate of drug-likeness (QED) is 0.752. The van der Waals surface area contributed by atoms with Crippen molar-refractivity contribution in [1.29, 1.82) is 0 Å². The molecule has 1 aliphatic heterocycles. The van der Waals surface area contributed by atoms with Gasteiger partial charge in [0.2, 0.25) is 5.91 Å². The van der Waals surface area contributed by atoms with Gasteiger partial charge in [-0.25, -0.2) is 0 Å². The smallest absolute Gasteiger partial charge is 0.241 e. The Morgan fingerprint density at radius 1 is 1.26 bits per heavy atom. The molecule has 1 aliphatic rings. The van der Waals surface area contributed by atoms with E-state index in [4.69, 9.17) is 0 Å². The average molecular weight is 420 g/mol. The Labute approximate surface area is 151 Å². The molecular weight excluding hydrogens is 399 g/mol. The van der Waals surface area contributed by atoms with Crippen molar-refractivity contribution in [2.45, 2.75) is 32.4 Å². The number of rotatable bonds is 4. The number of carbonyl (C=O) groups is 1. The number of hydrogen-bond donors (Lipinski definition) is 1. The van der Waals surface area contributed by atoms with Crippen molar-refractivity contribution in [1.82, 2.24) is 4.90 Å². The van der Waals surface area contributed by atoms with Crippen LogP contribution in [-0.4, -0.2) is 23.4 Å². The lowest BCUT2D eigenvalue weighted by Crippen LogP contribution is -2.39. The molecular formula is C19H21IN2O.